The van der Waals surface area contributed by atoms with E-state index in [0.29, 0.717) is 0 Å². The highest BCUT2D eigenvalue weighted by Gasteiger charge is 2.17. The first kappa shape index (κ1) is 22.6. The third-order valence-corrected chi connectivity index (χ3v) is 7.55. The minimum atomic E-state index is 0.745. The predicted molar refractivity (Wildman–Crippen MR) is 162 cm³/mol. The maximum absolute atomic E-state index is 7.06. The lowest BCUT2D eigenvalue weighted by molar-refractivity contribution is 1.18. The van der Waals surface area contributed by atoms with Crippen molar-refractivity contribution in [1.82, 2.24) is 4.57 Å². The number of aromatic nitrogens is 1. The van der Waals surface area contributed by atoms with Gasteiger partial charge < -0.3 is 4.57 Å². The lowest BCUT2D eigenvalue weighted by Crippen LogP contribution is -1.95. The molecular weight excluding hydrogens is 482 g/mol. The van der Waals surface area contributed by atoms with Gasteiger partial charge in [-0.15, -0.1) is 0 Å². The predicted octanol–water partition coefficient (Wildman–Crippen LogP) is 10.4. The van der Waals surface area contributed by atoms with Crippen molar-refractivity contribution in [3.8, 4) is 39.1 Å². The number of benzene rings is 6. The second-order valence-corrected chi connectivity index (χ2v) is 9.94. The molecule has 2 heteroatoms. The summed E-state index contributed by atoms with van der Waals surface area (Å²) in [5.74, 6) is 0. The van der Waals surface area contributed by atoms with E-state index in [0.717, 1.165) is 44.1 Å². The minimum Gasteiger partial charge on any atom is -0.309 e. The van der Waals surface area contributed by atoms with Gasteiger partial charge in [0.25, 0.3) is 0 Å². The van der Waals surface area contributed by atoms with Crippen LogP contribution in [0.2, 0.25) is 5.02 Å². The molecule has 0 radical (unpaired) electrons. The van der Waals surface area contributed by atoms with Crippen LogP contribution < -0.4 is 0 Å². The Balaban J connectivity index is 1.49. The van der Waals surface area contributed by atoms with Crippen molar-refractivity contribution in [3.05, 3.63) is 151 Å². The van der Waals surface area contributed by atoms with Crippen molar-refractivity contribution in [2.45, 2.75) is 0 Å². The monoisotopic (exact) mass is 505 g/mol. The summed E-state index contributed by atoms with van der Waals surface area (Å²) < 4.78 is 2.36. The molecule has 7 rings (SSSR count). The molecule has 0 aliphatic heterocycles. The summed E-state index contributed by atoms with van der Waals surface area (Å²) in [6.07, 6.45) is 0. The highest BCUT2D eigenvalue weighted by molar-refractivity contribution is 6.34. The van der Waals surface area contributed by atoms with E-state index in [1.807, 2.05) is 12.1 Å². The molecule has 0 saturated carbocycles. The van der Waals surface area contributed by atoms with Gasteiger partial charge in [-0.2, -0.15) is 0 Å². The molecular formula is C36H24ClN. The van der Waals surface area contributed by atoms with E-state index in [1.165, 1.54) is 21.8 Å². The molecule has 1 heterocycles. The number of halogens is 1. The summed E-state index contributed by atoms with van der Waals surface area (Å²) in [7, 11) is 0. The number of fused-ring (bicyclic) bond motifs is 3. The van der Waals surface area contributed by atoms with Crippen LogP contribution >= 0.6 is 11.6 Å². The summed E-state index contributed by atoms with van der Waals surface area (Å²) in [5.41, 5.74) is 10.2. The maximum Gasteiger partial charge on any atom is 0.0541 e. The van der Waals surface area contributed by atoms with Crippen molar-refractivity contribution in [2.75, 3.05) is 0 Å². The van der Waals surface area contributed by atoms with Gasteiger partial charge in [0, 0.05) is 27.0 Å². The van der Waals surface area contributed by atoms with Crippen molar-refractivity contribution in [2.24, 2.45) is 0 Å². The molecule has 180 valence electrons. The number of nitrogens with zero attached hydrogens (tertiary/aromatic N) is 1. The molecule has 0 bridgehead atoms. The van der Waals surface area contributed by atoms with E-state index >= 15 is 0 Å². The van der Waals surface area contributed by atoms with E-state index in [2.05, 4.69) is 138 Å². The Bertz CT molecular complexity index is 1860. The van der Waals surface area contributed by atoms with Crippen molar-refractivity contribution in [3.63, 3.8) is 0 Å². The topological polar surface area (TPSA) is 4.93 Å². The molecule has 0 aliphatic carbocycles. The molecule has 0 unspecified atom stereocenters. The van der Waals surface area contributed by atoms with Gasteiger partial charge in [0.2, 0.25) is 0 Å². The molecule has 1 nitrogen and oxygen atoms in total. The summed E-state index contributed by atoms with van der Waals surface area (Å²) >= 11 is 7.06. The zero-order chi connectivity index (χ0) is 25.5. The first-order valence-electron chi connectivity index (χ1n) is 12.8. The Kier molecular flexibility index (Phi) is 5.57. The SMILES string of the molecule is Clc1cc(-c2ccccc2)cc(-c2cccc(-n3c4ccccc4c4ccccc43)c2)c1-c1ccccc1. The zero-order valence-corrected chi connectivity index (χ0v) is 21.4. The second-order valence-electron chi connectivity index (χ2n) is 9.53. The fraction of sp³-hybridized carbons (Fsp3) is 0. The van der Waals surface area contributed by atoms with Gasteiger partial charge >= 0.3 is 0 Å². The molecule has 6 aromatic carbocycles. The second kappa shape index (κ2) is 9.37. The largest absolute Gasteiger partial charge is 0.309 e. The number of hydrogen-bond acceptors (Lipinski definition) is 0. The van der Waals surface area contributed by atoms with Crippen LogP contribution in [0.3, 0.4) is 0 Å². The molecule has 0 spiro atoms. The molecule has 1 aromatic heterocycles. The fourth-order valence-corrected chi connectivity index (χ4v) is 5.87. The van der Waals surface area contributed by atoms with Crippen LogP contribution in [0.1, 0.15) is 0 Å². The number of rotatable bonds is 4. The fourth-order valence-electron chi connectivity index (χ4n) is 5.54. The van der Waals surface area contributed by atoms with Crippen molar-refractivity contribution >= 4 is 33.4 Å². The van der Waals surface area contributed by atoms with Crippen LogP contribution in [0.15, 0.2) is 146 Å². The van der Waals surface area contributed by atoms with Crippen LogP contribution in [0.4, 0.5) is 0 Å². The smallest absolute Gasteiger partial charge is 0.0541 e. The van der Waals surface area contributed by atoms with Crippen molar-refractivity contribution in [1.29, 1.82) is 0 Å². The van der Waals surface area contributed by atoms with Gasteiger partial charge in [0.1, 0.15) is 0 Å². The highest BCUT2D eigenvalue weighted by atomic mass is 35.5. The number of hydrogen-bond donors (Lipinski definition) is 0. The first-order chi connectivity index (χ1) is 18.8. The standard InChI is InChI=1S/C36H24ClN/c37-33-24-28(25-12-3-1-4-13-25)23-32(36(33)26-14-5-2-6-15-26)27-16-11-17-29(22-27)38-34-20-9-7-18-30(34)31-19-8-10-21-35(31)38/h1-24H. The molecule has 0 aliphatic rings. The molecule has 0 saturated heterocycles. The molecule has 0 amide bonds. The van der Waals surface area contributed by atoms with E-state index < -0.39 is 0 Å². The van der Waals surface area contributed by atoms with Gasteiger partial charge in [-0.25, -0.2) is 0 Å². The zero-order valence-electron chi connectivity index (χ0n) is 20.7. The Morgan fingerprint density at radius 1 is 0.421 bits per heavy atom. The Hall–Kier alpha value is -4.59. The van der Waals surface area contributed by atoms with Crippen LogP contribution in [0, 0.1) is 0 Å². The van der Waals surface area contributed by atoms with E-state index in [1.54, 1.807) is 0 Å². The summed E-state index contributed by atoms with van der Waals surface area (Å²) in [6.45, 7) is 0. The summed E-state index contributed by atoms with van der Waals surface area (Å²) in [4.78, 5) is 0. The molecule has 0 fully saturated rings. The quantitative estimate of drug-likeness (QED) is 0.224. The Morgan fingerprint density at radius 2 is 0.974 bits per heavy atom. The number of para-hydroxylation sites is 2. The van der Waals surface area contributed by atoms with Gasteiger partial charge in [0.05, 0.1) is 11.0 Å². The Morgan fingerprint density at radius 3 is 1.63 bits per heavy atom. The Labute approximate surface area is 227 Å². The average molecular weight is 506 g/mol. The van der Waals surface area contributed by atoms with E-state index in [-0.39, 0.29) is 0 Å². The van der Waals surface area contributed by atoms with Crippen LogP contribution in [0.25, 0.3) is 60.9 Å². The third-order valence-electron chi connectivity index (χ3n) is 7.26. The van der Waals surface area contributed by atoms with Gasteiger partial charge in [-0.05, 0) is 64.2 Å². The molecule has 7 aromatic rings. The normalized spacial score (nSPS) is 11.3. The van der Waals surface area contributed by atoms with Crippen LogP contribution in [-0.4, -0.2) is 4.57 Å². The van der Waals surface area contributed by atoms with E-state index in [9.17, 15) is 0 Å². The maximum atomic E-state index is 7.06. The summed E-state index contributed by atoms with van der Waals surface area (Å²) in [6, 6.07) is 51.3. The van der Waals surface area contributed by atoms with Crippen molar-refractivity contribution < 1.29 is 0 Å². The summed E-state index contributed by atoms with van der Waals surface area (Å²) in [5, 5.41) is 3.26. The molecule has 38 heavy (non-hydrogen) atoms. The van der Waals surface area contributed by atoms with Gasteiger partial charge in [-0.1, -0.05) is 121 Å². The minimum absolute atomic E-state index is 0.745. The van der Waals surface area contributed by atoms with Crippen LogP contribution in [-0.2, 0) is 0 Å². The molecule has 0 atom stereocenters. The highest BCUT2D eigenvalue weighted by Crippen LogP contribution is 2.42. The first-order valence-corrected chi connectivity index (χ1v) is 13.2. The molecule has 0 N–H and O–H groups in total. The lowest BCUT2D eigenvalue weighted by atomic mass is 9.90. The van der Waals surface area contributed by atoms with Crippen LogP contribution in [0.5, 0.6) is 0 Å². The third kappa shape index (κ3) is 3.80. The van der Waals surface area contributed by atoms with Gasteiger partial charge in [0.15, 0.2) is 0 Å². The van der Waals surface area contributed by atoms with E-state index in [4.69, 9.17) is 11.6 Å². The van der Waals surface area contributed by atoms with Gasteiger partial charge in [-0.3, -0.25) is 0 Å². The lowest BCUT2D eigenvalue weighted by Gasteiger charge is -2.17. The average Bonchev–Trinajstić information content (AvgIpc) is 3.32.